The molecule has 0 heterocycles. The Bertz CT molecular complexity index is 109. The summed E-state index contributed by atoms with van der Waals surface area (Å²) in [7, 11) is 0. The SMILES string of the molecule is C/C=C\C(C)/C=C\CCC. The van der Waals surface area contributed by atoms with Crippen molar-refractivity contribution in [1.29, 1.82) is 0 Å². The number of allylic oxidation sites excluding steroid dienone is 4. The molecule has 0 aromatic heterocycles. The van der Waals surface area contributed by atoms with E-state index in [1.165, 1.54) is 12.8 Å². The maximum absolute atomic E-state index is 2.25. The van der Waals surface area contributed by atoms with Crippen LogP contribution in [0.4, 0.5) is 0 Å². The second kappa shape index (κ2) is 6.60. The molecular weight excluding hydrogens is 120 g/mol. The van der Waals surface area contributed by atoms with E-state index in [0.717, 1.165) is 0 Å². The number of unbranched alkanes of at least 4 members (excludes halogenated alkanes) is 1. The first-order valence-corrected chi connectivity index (χ1v) is 4.10. The molecule has 10 heavy (non-hydrogen) atoms. The van der Waals surface area contributed by atoms with Gasteiger partial charge >= 0.3 is 0 Å². The van der Waals surface area contributed by atoms with Gasteiger partial charge in [0, 0.05) is 0 Å². The summed E-state index contributed by atoms with van der Waals surface area (Å²) >= 11 is 0. The second-order valence-corrected chi connectivity index (χ2v) is 2.60. The van der Waals surface area contributed by atoms with E-state index in [2.05, 4.69) is 45.1 Å². The van der Waals surface area contributed by atoms with Crippen LogP contribution in [0.25, 0.3) is 0 Å². The molecule has 0 heteroatoms. The maximum atomic E-state index is 2.25. The van der Waals surface area contributed by atoms with Crippen LogP contribution in [-0.4, -0.2) is 0 Å². The third-order valence-electron chi connectivity index (χ3n) is 1.39. The Hall–Kier alpha value is -0.520. The van der Waals surface area contributed by atoms with E-state index in [1.54, 1.807) is 0 Å². The number of hydrogen-bond acceptors (Lipinski definition) is 0. The van der Waals surface area contributed by atoms with Gasteiger partial charge in [-0.2, -0.15) is 0 Å². The Morgan fingerprint density at radius 2 is 2.00 bits per heavy atom. The molecule has 0 N–H and O–H groups in total. The van der Waals surface area contributed by atoms with Crippen molar-refractivity contribution in [2.24, 2.45) is 5.92 Å². The molecule has 0 aromatic rings. The molecule has 0 aliphatic heterocycles. The van der Waals surface area contributed by atoms with E-state index in [0.29, 0.717) is 5.92 Å². The first kappa shape index (κ1) is 9.48. The van der Waals surface area contributed by atoms with Crippen molar-refractivity contribution in [3.05, 3.63) is 24.3 Å². The zero-order valence-corrected chi connectivity index (χ0v) is 7.30. The molecule has 0 bridgehead atoms. The smallest absolute Gasteiger partial charge is 0.00820 e. The van der Waals surface area contributed by atoms with Gasteiger partial charge in [-0.25, -0.2) is 0 Å². The van der Waals surface area contributed by atoms with Crippen molar-refractivity contribution in [3.8, 4) is 0 Å². The van der Waals surface area contributed by atoms with Crippen molar-refractivity contribution in [3.63, 3.8) is 0 Å². The van der Waals surface area contributed by atoms with Crippen molar-refractivity contribution < 1.29 is 0 Å². The van der Waals surface area contributed by atoms with E-state index in [9.17, 15) is 0 Å². The molecule has 1 unspecified atom stereocenters. The average molecular weight is 138 g/mol. The van der Waals surface area contributed by atoms with Crippen LogP contribution in [-0.2, 0) is 0 Å². The minimum Gasteiger partial charge on any atom is -0.0911 e. The Balaban J connectivity index is 3.45. The number of hydrogen-bond donors (Lipinski definition) is 0. The summed E-state index contributed by atoms with van der Waals surface area (Å²) in [6.07, 6.45) is 11.3. The Morgan fingerprint density at radius 3 is 2.50 bits per heavy atom. The average Bonchev–Trinajstić information content (AvgIpc) is 1.89. The van der Waals surface area contributed by atoms with Crippen LogP contribution in [0, 0.1) is 5.92 Å². The summed E-state index contributed by atoms with van der Waals surface area (Å²) in [6, 6.07) is 0. The normalized spacial score (nSPS) is 15.1. The van der Waals surface area contributed by atoms with E-state index in [1.807, 2.05) is 0 Å². The van der Waals surface area contributed by atoms with Gasteiger partial charge in [-0.15, -0.1) is 0 Å². The minimum absolute atomic E-state index is 0.608. The van der Waals surface area contributed by atoms with Crippen LogP contribution < -0.4 is 0 Å². The molecule has 0 radical (unpaired) electrons. The number of rotatable bonds is 4. The van der Waals surface area contributed by atoms with Gasteiger partial charge in [-0.3, -0.25) is 0 Å². The Kier molecular flexibility index (Phi) is 6.25. The summed E-state index contributed by atoms with van der Waals surface area (Å²) in [4.78, 5) is 0. The maximum Gasteiger partial charge on any atom is -0.00820 e. The summed E-state index contributed by atoms with van der Waals surface area (Å²) in [6.45, 7) is 6.46. The van der Waals surface area contributed by atoms with Crippen LogP contribution in [0.2, 0.25) is 0 Å². The zero-order valence-electron chi connectivity index (χ0n) is 7.30. The largest absolute Gasteiger partial charge is 0.0911 e. The molecule has 0 spiro atoms. The summed E-state index contributed by atoms with van der Waals surface area (Å²) in [5.41, 5.74) is 0. The predicted molar refractivity (Wildman–Crippen MR) is 48.0 cm³/mol. The third kappa shape index (κ3) is 5.61. The fourth-order valence-electron chi connectivity index (χ4n) is 0.845. The van der Waals surface area contributed by atoms with E-state index in [-0.39, 0.29) is 0 Å². The van der Waals surface area contributed by atoms with Crippen molar-refractivity contribution in [1.82, 2.24) is 0 Å². The standard InChI is InChI=1S/C10H18/c1-4-6-7-9-10(3)8-5-2/h5,7-10H,4,6H2,1-3H3/b8-5-,9-7-. The summed E-state index contributed by atoms with van der Waals surface area (Å²) in [5.74, 6) is 0.608. The molecule has 0 nitrogen and oxygen atoms in total. The monoisotopic (exact) mass is 138 g/mol. The highest BCUT2D eigenvalue weighted by molar-refractivity contribution is 4.97. The van der Waals surface area contributed by atoms with Gasteiger partial charge in [0.05, 0.1) is 0 Å². The van der Waals surface area contributed by atoms with Crippen LogP contribution in [0.3, 0.4) is 0 Å². The van der Waals surface area contributed by atoms with Gasteiger partial charge in [0.15, 0.2) is 0 Å². The van der Waals surface area contributed by atoms with E-state index >= 15 is 0 Å². The Labute approximate surface area is 64.6 Å². The van der Waals surface area contributed by atoms with Gasteiger partial charge in [0.1, 0.15) is 0 Å². The summed E-state index contributed by atoms with van der Waals surface area (Å²) < 4.78 is 0. The van der Waals surface area contributed by atoms with Gasteiger partial charge in [-0.05, 0) is 19.3 Å². The highest BCUT2D eigenvalue weighted by atomic mass is 13.9. The first-order chi connectivity index (χ1) is 4.81. The highest BCUT2D eigenvalue weighted by Gasteiger charge is 1.85. The van der Waals surface area contributed by atoms with Crippen LogP contribution >= 0.6 is 0 Å². The molecule has 0 aliphatic rings. The molecule has 0 fully saturated rings. The fraction of sp³-hybridized carbons (Fsp3) is 0.600. The van der Waals surface area contributed by atoms with Gasteiger partial charge in [-0.1, -0.05) is 44.6 Å². The minimum atomic E-state index is 0.608. The van der Waals surface area contributed by atoms with Gasteiger partial charge < -0.3 is 0 Å². The molecule has 0 amide bonds. The quantitative estimate of drug-likeness (QED) is 0.521. The molecule has 0 rings (SSSR count). The molecular formula is C10H18. The lowest BCUT2D eigenvalue weighted by Gasteiger charge is -1.94. The van der Waals surface area contributed by atoms with Crippen LogP contribution in [0.15, 0.2) is 24.3 Å². The topological polar surface area (TPSA) is 0 Å². The molecule has 58 valence electrons. The van der Waals surface area contributed by atoms with Crippen LogP contribution in [0.1, 0.15) is 33.6 Å². The lowest BCUT2D eigenvalue weighted by Crippen LogP contribution is -1.80. The summed E-state index contributed by atoms with van der Waals surface area (Å²) in [5, 5.41) is 0. The van der Waals surface area contributed by atoms with Gasteiger partial charge in [0.25, 0.3) is 0 Å². The molecule has 0 saturated carbocycles. The molecule has 0 saturated heterocycles. The molecule has 0 aliphatic carbocycles. The van der Waals surface area contributed by atoms with Gasteiger partial charge in [0.2, 0.25) is 0 Å². The fourth-order valence-corrected chi connectivity index (χ4v) is 0.845. The predicted octanol–water partition coefficient (Wildman–Crippen LogP) is 3.55. The van der Waals surface area contributed by atoms with Crippen molar-refractivity contribution in [2.75, 3.05) is 0 Å². The lowest BCUT2D eigenvalue weighted by atomic mass is 10.1. The lowest BCUT2D eigenvalue weighted by molar-refractivity contribution is 0.901. The Morgan fingerprint density at radius 1 is 1.30 bits per heavy atom. The zero-order chi connectivity index (χ0) is 7.82. The second-order valence-electron chi connectivity index (χ2n) is 2.60. The first-order valence-electron chi connectivity index (χ1n) is 4.10. The van der Waals surface area contributed by atoms with Crippen molar-refractivity contribution >= 4 is 0 Å². The van der Waals surface area contributed by atoms with Crippen LogP contribution in [0.5, 0.6) is 0 Å². The van der Waals surface area contributed by atoms with E-state index in [4.69, 9.17) is 0 Å². The third-order valence-corrected chi connectivity index (χ3v) is 1.39. The van der Waals surface area contributed by atoms with E-state index < -0.39 is 0 Å². The highest BCUT2D eigenvalue weighted by Crippen LogP contribution is 2.00. The van der Waals surface area contributed by atoms with Crippen molar-refractivity contribution in [2.45, 2.75) is 33.6 Å². The molecule has 1 atom stereocenters. The molecule has 0 aromatic carbocycles.